The molecule has 0 saturated heterocycles. The third kappa shape index (κ3) is 4.90. The van der Waals surface area contributed by atoms with Gasteiger partial charge in [0.15, 0.2) is 0 Å². The Morgan fingerprint density at radius 1 is 1.07 bits per heavy atom. The quantitative estimate of drug-likeness (QED) is 0.480. The van der Waals surface area contributed by atoms with E-state index in [9.17, 15) is 17.6 Å². The van der Waals surface area contributed by atoms with E-state index < -0.39 is 17.6 Å². The summed E-state index contributed by atoms with van der Waals surface area (Å²) in [5.74, 6) is -0.00673. The number of aryl methyl sites for hydroxylation is 1. The normalized spacial score (nSPS) is 12.1. The lowest BCUT2D eigenvalue weighted by Gasteiger charge is -2.12. The van der Waals surface area contributed by atoms with Gasteiger partial charge < -0.3 is 14.2 Å². The van der Waals surface area contributed by atoms with E-state index in [1.165, 1.54) is 24.3 Å². The number of likely N-dealkylation sites (N-methyl/N-ethyl adjacent to an activating group) is 1. The third-order valence-electron chi connectivity index (χ3n) is 4.83. The van der Waals surface area contributed by atoms with Crippen LogP contribution in [0.1, 0.15) is 23.6 Å². The number of alkyl halides is 3. The first kappa shape index (κ1) is 21.2. The number of halogens is 4. The Morgan fingerprint density at radius 3 is 2.34 bits per heavy atom. The molecule has 0 N–H and O–H groups in total. The van der Waals surface area contributed by atoms with E-state index in [1.807, 2.05) is 31.8 Å². The van der Waals surface area contributed by atoms with E-state index >= 15 is 0 Å². The Hall–Kier alpha value is -2.54. The Kier molecular flexibility index (Phi) is 6.17. The van der Waals surface area contributed by atoms with E-state index in [2.05, 4.69) is 4.90 Å². The van der Waals surface area contributed by atoms with Gasteiger partial charge in [0.1, 0.15) is 18.2 Å². The van der Waals surface area contributed by atoms with Gasteiger partial charge in [0, 0.05) is 30.7 Å². The Labute approximate surface area is 167 Å². The fourth-order valence-corrected chi connectivity index (χ4v) is 3.30. The molecule has 0 unspecified atom stereocenters. The topological polar surface area (TPSA) is 17.4 Å². The van der Waals surface area contributed by atoms with Gasteiger partial charge in [-0.3, -0.25) is 0 Å². The van der Waals surface area contributed by atoms with Crippen LogP contribution in [-0.4, -0.2) is 30.1 Å². The summed E-state index contributed by atoms with van der Waals surface area (Å²) in [6.07, 6.45) is -1.59. The molecule has 0 aliphatic carbocycles. The molecule has 0 atom stereocenters. The SMILES string of the molecule is CCn1cc(CCN(C)C)c2c(OCc3ccc(C(F)(F)F)cc3)cc(F)cc21. The van der Waals surface area contributed by atoms with Crippen molar-refractivity contribution in [1.82, 2.24) is 9.47 Å². The average Bonchev–Trinajstić information content (AvgIpc) is 3.01. The van der Waals surface area contributed by atoms with Gasteiger partial charge in [-0.05, 0) is 56.8 Å². The number of rotatable bonds is 7. The highest BCUT2D eigenvalue weighted by molar-refractivity contribution is 5.90. The first-order valence-electron chi connectivity index (χ1n) is 9.44. The predicted molar refractivity (Wildman–Crippen MR) is 106 cm³/mol. The second-order valence-corrected chi connectivity index (χ2v) is 7.28. The van der Waals surface area contributed by atoms with E-state index in [4.69, 9.17) is 4.74 Å². The summed E-state index contributed by atoms with van der Waals surface area (Å²) >= 11 is 0. The smallest absolute Gasteiger partial charge is 0.416 e. The van der Waals surface area contributed by atoms with E-state index in [0.717, 1.165) is 41.6 Å². The van der Waals surface area contributed by atoms with E-state index in [0.29, 0.717) is 17.9 Å². The van der Waals surface area contributed by atoms with Crippen LogP contribution >= 0.6 is 0 Å². The summed E-state index contributed by atoms with van der Waals surface area (Å²) < 4.78 is 60.2. The lowest BCUT2D eigenvalue weighted by Crippen LogP contribution is -2.15. The highest BCUT2D eigenvalue weighted by Gasteiger charge is 2.29. The van der Waals surface area contributed by atoms with Crippen molar-refractivity contribution in [2.24, 2.45) is 0 Å². The molecule has 0 aliphatic rings. The minimum atomic E-state index is -4.38. The molecular weight excluding hydrogens is 384 g/mol. The van der Waals surface area contributed by atoms with Gasteiger partial charge in [-0.1, -0.05) is 12.1 Å². The molecule has 0 bridgehead atoms. The molecule has 1 heterocycles. The van der Waals surface area contributed by atoms with Crippen molar-refractivity contribution in [1.29, 1.82) is 0 Å². The summed E-state index contributed by atoms with van der Waals surface area (Å²) in [6, 6.07) is 7.63. The molecule has 0 amide bonds. The van der Waals surface area contributed by atoms with Crippen LogP contribution < -0.4 is 4.74 Å². The number of ether oxygens (including phenoxy) is 1. The molecule has 0 radical (unpaired) electrons. The first-order valence-corrected chi connectivity index (χ1v) is 9.44. The lowest BCUT2D eigenvalue weighted by molar-refractivity contribution is -0.137. The third-order valence-corrected chi connectivity index (χ3v) is 4.83. The predicted octanol–water partition coefficient (Wildman–Crippen LogP) is 5.50. The summed E-state index contributed by atoms with van der Waals surface area (Å²) in [4.78, 5) is 2.07. The van der Waals surface area contributed by atoms with E-state index in [-0.39, 0.29) is 6.61 Å². The first-order chi connectivity index (χ1) is 13.7. The van der Waals surface area contributed by atoms with Gasteiger partial charge >= 0.3 is 6.18 Å². The number of hydrogen-bond donors (Lipinski definition) is 0. The van der Waals surface area contributed by atoms with Gasteiger partial charge in [0.25, 0.3) is 0 Å². The largest absolute Gasteiger partial charge is 0.488 e. The van der Waals surface area contributed by atoms with Crippen LogP contribution in [0, 0.1) is 5.82 Å². The zero-order chi connectivity index (χ0) is 21.2. The molecule has 0 saturated carbocycles. The zero-order valence-electron chi connectivity index (χ0n) is 16.7. The maximum absolute atomic E-state index is 14.2. The van der Waals surface area contributed by atoms with Crippen LogP contribution in [0.2, 0.25) is 0 Å². The minimum absolute atomic E-state index is 0.0567. The molecule has 1 aromatic heterocycles. The zero-order valence-corrected chi connectivity index (χ0v) is 16.7. The van der Waals surface area contributed by atoms with Gasteiger partial charge in [-0.15, -0.1) is 0 Å². The molecule has 156 valence electrons. The van der Waals surface area contributed by atoms with Crippen molar-refractivity contribution >= 4 is 10.9 Å². The van der Waals surface area contributed by atoms with Crippen molar-refractivity contribution in [3.63, 3.8) is 0 Å². The van der Waals surface area contributed by atoms with Crippen LogP contribution in [0.15, 0.2) is 42.6 Å². The monoisotopic (exact) mass is 408 g/mol. The maximum Gasteiger partial charge on any atom is 0.416 e. The second-order valence-electron chi connectivity index (χ2n) is 7.28. The van der Waals surface area contributed by atoms with Crippen LogP contribution in [0.3, 0.4) is 0 Å². The van der Waals surface area contributed by atoms with Crippen molar-refractivity contribution in [2.75, 3.05) is 20.6 Å². The van der Waals surface area contributed by atoms with Crippen molar-refractivity contribution in [2.45, 2.75) is 32.7 Å². The van der Waals surface area contributed by atoms with Gasteiger partial charge in [0.2, 0.25) is 0 Å². The molecule has 3 aromatic rings. The number of benzene rings is 2. The van der Waals surface area contributed by atoms with E-state index in [1.54, 1.807) is 0 Å². The number of hydrogen-bond acceptors (Lipinski definition) is 2. The highest BCUT2D eigenvalue weighted by Crippen LogP contribution is 2.34. The van der Waals surface area contributed by atoms with Gasteiger partial charge in [-0.25, -0.2) is 4.39 Å². The summed E-state index contributed by atoms with van der Waals surface area (Å²) in [5.41, 5.74) is 1.68. The van der Waals surface area contributed by atoms with Crippen molar-refractivity contribution in [3.05, 3.63) is 65.1 Å². The summed E-state index contributed by atoms with van der Waals surface area (Å²) in [7, 11) is 3.97. The Balaban J connectivity index is 1.90. The summed E-state index contributed by atoms with van der Waals surface area (Å²) in [6.45, 7) is 3.57. The number of fused-ring (bicyclic) bond motifs is 1. The van der Waals surface area contributed by atoms with Gasteiger partial charge in [0.05, 0.1) is 11.1 Å². The second kappa shape index (κ2) is 8.45. The molecule has 2 aromatic carbocycles. The fraction of sp³-hybridized carbons (Fsp3) is 0.364. The molecule has 29 heavy (non-hydrogen) atoms. The highest BCUT2D eigenvalue weighted by atomic mass is 19.4. The summed E-state index contributed by atoms with van der Waals surface area (Å²) in [5, 5.41) is 0.849. The Morgan fingerprint density at radius 2 is 1.76 bits per heavy atom. The average molecular weight is 408 g/mol. The molecule has 3 rings (SSSR count). The molecule has 0 fully saturated rings. The maximum atomic E-state index is 14.2. The van der Waals surface area contributed by atoms with Crippen LogP contribution in [0.4, 0.5) is 17.6 Å². The van der Waals surface area contributed by atoms with Crippen LogP contribution in [-0.2, 0) is 25.7 Å². The fourth-order valence-electron chi connectivity index (χ4n) is 3.30. The van der Waals surface area contributed by atoms with Crippen molar-refractivity contribution in [3.8, 4) is 5.75 Å². The molecule has 3 nitrogen and oxygen atoms in total. The number of nitrogens with zero attached hydrogens (tertiary/aromatic N) is 2. The minimum Gasteiger partial charge on any atom is -0.488 e. The molecule has 7 heteroatoms. The van der Waals surface area contributed by atoms with Crippen molar-refractivity contribution < 1.29 is 22.3 Å². The molecule has 0 aliphatic heterocycles. The standard InChI is InChI=1S/C22H24F4N2O/c1-4-28-13-16(9-10-27(2)3)21-19(28)11-18(23)12-20(21)29-14-15-5-7-17(8-6-15)22(24,25)26/h5-8,11-13H,4,9-10,14H2,1-3H3. The Bertz CT molecular complexity index is 975. The van der Waals surface area contributed by atoms with Crippen LogP contribution in [0.5, 0.6) is 5.75 Å². The molecule has 0 spiro atoms. The van der Waals surface area contributed by atoms with Crippen LogP contribution in [0.25, 0.3) is 10.9 Å². The number of aromatic nitrogens is 1. The van der Waals surface area contributed by atoms with Gasteiger partial charge in [-0.2, -0.15) is 13.2 Å². The lowest BCUT2D eigenvalue weighted by atomic mass is 10.1. The molecular formula is C22H24F4N2O.